The van der Waals surface area contributed by atoms with Crippen molar-refractivity contribution in [1.29, 1.82) is 0 Å². The highest BCUT2D eigenvalue weighted by atomic mass is 32.2. The Morgan fingerprint density at radius 1 is 0.950 bits per heavy atom. The van der Waals surface area contributed by atoms with Gasteiger partial charge in [-0.25, -0.2) is 9.97 Å². The van der Waals surface area contributed by atoms with Crippen molar-refractivity contribution in [2.75, 3.05) is 6.26 Å². The molecule has 0 saturated carbocycles. The molecule has 5 heteroatoms. The van der Waals surface area contributed by atoms with Crippen molar-refractivity contribution in [1.82, 2.24) is 9.97 Å². The van der Waals surface area contributed by atoms with Crippen molar-refractivity contribution >= 4 is 34.3 Å². The monoisotopic (exact) mass is 300 g/mol. The van der Waals surface area contributed by atoms with E-state index in [4.69, 9.17) is 0 Å². The molecule has 0 radical (unpaired) electrons. The number of aromatic hydroxyl groups is 1. The molecule has 0 aliphatic rings. The molecule has 0 spiro atoms. The molecule has 0 aliphatic heterocycles. The maximum Gasteiger partial charge on any atom is 0.123 e. The Hall–Kier alpha value is -1.72. The van der Waals surface area contributed by atoms with Gasteiger partial charge in [0.15, 0.2) is 0 Å². The van der Waals surface area contributed by atoms with Crippen LogP contribution in [-0.4, -0.2) is 21.3 Å². The Morgan fingerprint density at radius 2 is 1.70 bits per heavy atom. The van der Waals surface area contributed by atoms with Gasteiger partial charge in [0.1, 0.15) is 22.1 Å². The number of thioether (sulfide) groups is 1. The first kappa shape index (κ1) is 13.3. The van der Waals surface area contributed by atoms with Crippen LogP contribution >= 0.6 is 23.5 Å². The van der Waals surface area contributed by atoms with E-state index in [0.29, 0.717) is 5.75 Å². The SMILES string of the molecule is CSc1cc(Sc2ccc(O)c3ccccc23)ncn1. The van der Waals surface area contributed by atoms with E-state index < -0.39 is 0 Å². The minimum absolute atomic E-state index is 0.303. The summed E-state index contributed by atoms with van der Waals surface area (Å²) in [6.45, 7) is 0. The van der Waals surface area contributed by atoms with Crippen LogP contribution in [0.2, 0.25) is 0 Å². The first-order valence-corrected chi connectivity index (χ1v) is 8.06. The van der Waals surface area contributed by atoms with Crippen LogP contribution in [0.3, 0.4) is 0 Å². The molecule has 0 unspecified atom stereocenters. The lowest BCUT2D eigenvalue weighted by Crippen LogP contribution is -1.85. The summed E-state index contributed by atoms with van der Waals surface area (Å²) in [5, 5.41) is 13.6. The first-order chi connectivity index (χ1) is 9.78. The fraction of sp³-hybridized carbons (Fsp3) is 0.0667. The summed E-state index contributed by atoms with van der Waals surface area (Å²) in [6.07, 6.45) is 3.57. The number of hydrogen-bond acceptors (Lipinski definition) is 5. The Bertz CT molecular complexity index is 762. The minimum atomic E-state index is 0.303. The average molecular weight is 300 g/mol. The third-order valence-corrected chi connectivity index (χ3v) is 4.55. The van der Waals surface area contributed by atoms with Crippen LogP contribution in [0.5, 0.6) is 5.75 Å². The van der Waals surface area contributed by atoms with E-state index in [1.165, 1.54) is 0 Å². The van der Waals surface area contributed by atoms with Gasteiger partial charge in [-0.1, -0.05) is 36.0 Å². The third kappa shape index (κ3) is 2.59. The zero-order valence-corrected chi connectivity index (χ0v) is 12.4. The van der Waals surface area contributed by atoms with Crippen LogP contribution in [-0.2, 0) is 0 Å². The zero-order valence-electron chi connectivity index (χ0n) is 10.8. The number of phenolic OH excluding ortho intramolecular Hbond substituents is 1. The molecule has 0 amide bonds. The molecule has 3 rings (SSSR count). The maximum absolute atomic E-state index is 9.91. The third-order valence-electron chi connectivity index (χ3n) is 2.90. The van der Waals surface area contributed by atoms with E-state index in [1.807, 2.05) is 42.7 Å². The van der Waals surface area contributed by atoms with Crippen molar-refractivity contribution in [2.24, 2.45) is 0 Å². The molecular formula is C15H12N2OS2. The quantitative estimate of drug-likeness (QED) is 0.580. The normalized spacial score (nSPS) is 10.8. The summed E-state index contributed by atoms with van der Waals surface area (Å²) in [4.78, 5) is 9.54. The number of hydrogen-bond donors (Lipinski definition) is 1. The standard InChI is InChI=1S/C15H12N2OS2/c1-19-14-8-15(17-9-16-14)20-13-7-6-12(18)10-4-2-3-5-11(10)13/h2-9,18H,1H3. The number of aromatic nitrogens is 2. The number of nitrogens with zero attached hydrogens (tertiary/aromatic N) is 2. The van der Waals surface area contributed by atoms with Crippen LogP contribution in [0.1, 0.15) is 0 Å². The Kier molecular flexibility index (Phi) is 3.80. The molecule has 100 valence electrons. The van der Waals surface area contributed by atoms with Crippen molar-refractivity contribution in [2.45, 2.75) is 14.9 Å². The second kappa shape index (κ2) is 5.73. The molecule has 2 aromatic carbocycles. The van der Waals surface area contributed by atoms with Crippen molar-refractivity contribution in [3.05, 3.63) is 48.8 Å². The van der Waals surface area contributed by atoms with E-state index >= 15 is 0 Å². The van der Waals surface area contributed by atoms with Crippen molar-refractivity contribution in [3.63, 3.8) is 0 Å². The average Bonchev–Trinajstić information content (AvgIpc) is 2.51. The highest BCUT2D eigenvalue weighted by Crippen LogP contribution is 2.36. The Labute approximate surface area is 125 Å². The number of benzene rings is 2. The highest BCUT2D eigenvalue weighted by Gasteiger charge is 2.07. The fourth-order valence-electron chi connectivity index (χ4n) is 1.95. The summed E-state index contributed by atoms with van der Waals surface area (Å²) in [5.41, 5.74) is 0. The van der Waals surface area contributed by atoms with Gasteiger partial charge in [0.05, 0.1) is 0 Å². The molecule has 1 aromatic heterocycles. The van der Waals surface area contributed by atoms with Gasteiger partial charge in [0.2, 0.25) is 0 Å². The van der Waals surface area contributed by atoms with Gasteiger partial charge in [0.25, 0.3) is 0 Å². The van der Waals surface area contributed by atoms with Crippen molar-refractivity contribution < 1.29 is 5.11 Å². The van der Waals surface area contributed by atoms with Gasteiger partial charge < -0.3 is 5.11 Å². The minimum Gasteiger partial charge on any atom is -0.507 e. The molecule has 0 atom stereocenters. The second-order valence-corrected chi connectivity index (χ2v) is 6.02. The van der Waals surface area contributed by atoms with E-state index in [2.05, 4.69) is 9.97 Å². The Morgan fingerprint density at radius 3 is 2.50 bits per heavy atom. The van der Waals surface area contributed by atoms with Gasteiger partial charge in [-0.3, -0.25) is 0 Å². The summed E-state index contributed by atoms with van der Waals surface area (Å²) < 4.78 is 0. The molecule has 1 heterocycles. The lowest BCUT2D eigenvalue weighted by atomic mass is 10.1. The van der Waals surface area contributed by atoms with Gasteiger partial charge in [0, 0.05) is 16.3 Å². The van der Waals surface area contributed by atoms with E-state index in [1.54, 1.807) is 35.9 Å². The Balaban J connectivity index is 2.04. The number of phenols is 1. The van der Waals surface area contributed by atoms with E-state index in [-0.39, 0.29) is 0 Å². The molecular weight excluding hydrogens is 288 g/mol. The van der Waals surface area contributed by atoms with Crippen molar-refractivity contribution in [3.8, 4) is 5.75 Å². The topological polar surface area (TPSA) is 46.0 Å². The lowest BCUT2D eigenvalue weighted by molar-refractivity contribution is 0.481. The first-order valence-electron chi connectivity index (χ1n) is 6.02. The number of fused-ring (bicyclic) bond motifs is 1. The molecule has 3 aromatic rings. The predicted molar refractivity (Wildman–Crippen MR) is 83.5 cm³/mol. The maximum atomic E-state index is 9.91. The predicted octanol–water partition coefficient (Wildman–Crippen LogP) is 4.21. The molecule has 0 bridgehead atoms. The molecule has 0 aliphatic carbocycles. The largest absolute Gasteiger partial charge is 0.507 e. The smallest absolute Gasteiger partial charge is 0.123 e. The fourth-order valence-corrected chi connectivity index (χ4v) is 3.32. The van der Waals surface area contributed by atoms with Gasteiger partial charge >= 0.3 is 0 Å². The molecule has 0 fully saturated rings. The molecule has 0 saturated heterocycles. The summed E-state index contributed by atoms with van der Waals surface area (Å²) in [6, 6.07) is 13.4. The lowest BCUT2D eigenvalue weighted by Gasteiger charge is -2.07. The summed E-state index contributed by atoms with van der Waals surface area (Å²) in [7, 11) is 0. The number of rotatable bonds is 3. The van der Waals surface area contributed by atoms with Crippen LogP contribution in [0, 0.1) is 0 Å². The summed E-state index contributed by atoms with van der Waals surface area (Å²) in [5.74, 6) is 0.303. The van der Waals surface area contributed by atoms with Crippen LogP contribution in [0.15, 0.2) is 63.7 Å². The van der Waals surface area contributed by atoms with Gasteiger partial charge in [-0.05, 0) is 23.8 Å². The van der Waals surface area contributed by atoms with Crippen LogP contribution in [0.4, 0.5) is 0 Å². The van der Waals surface area contributed by atoms with E-state index in [0.717, 1.165) is 25.7 Å². The zero-order chi connectivity index (χ0) is 13.9. The molecule has 20 heavy (non-hydrogen) atoms. The van der Waals surface area contributed by atoms with Crippen LogP contribution < -0.4 is 0 Å². The van der Waals surface area contributed by atoms with Gasteiger partial charge in [-0.2, -0.15) is 0 Å². The molecule has 3 nitrogen and oxygen atoms in total. The highest BCUT2D eigenvalue weighted by molar-refractivity contribution is 7.99. The summed E-state index contributed by atoms with van der Waals surface area (Å²) >= 11 is 3.17. The molecule has 1 N–H and O–H groups in total. The van der Waals surface area contributed by atoms with E-state index in [9.17, 15) is 5.11 Å². The van der Waals surface area contributed by atoms with Gasteiger partial charge in [-0.15, -0.1) is 11.8 Å². The van der Waals surface area contributed by atoms with Crippen LogP contribution in [0.25, 0.3) is 10.8 Å². The second-order valence-electron chi connectivity index (χ2n) is 4.13.